The minimum atomic E-state index is -3.87. The highest BCUT2D eigenvalue weighted by Gasteiger charge is 2.26. The van der Waals surface area contributed by atoms with Crippen molar-refractivity contribution in [2.24, 2.45) is 0 Å². The highest BCUT2D eigenvalue weighted by atomic mass is 32.2. The van der Waals surface area contributed by atoms with Crippen molar-refractivity contribution < 1.29 is 13.2 Å². The molecular weight excluding hydrogens is 406 g/mol. The molecule has 0 aliphatic rings. The first-order valence-electron chi connectivity index (χ1n) is 9.13. The van der Waals surface area contributed by atoms with E-state index in [1.165, 1.54) is 11.3 Å². The molecule has 8 heteroatoms. The van der Waals surface area contributed by atoms with Crippen molar-refractivity contribution in [3.8, 4) is 0 Å². The second-order valence-electron chi connectivity index (χ2n) is 6.88. The van der Waals surface area contributed by atoms with Gasteiger partial charge >= 0.3 is 0 Å². The molecule has 1 atom stereocenters. The van der Waals surface area contributed by atoms with Crippen LogP contribution >= 0.6 is 11.3 Å². The van der Waals surface area contributed by atoms with Gasteiger partial charge in [0.05, 0.1) is 22.6 Å². The van der Waals surface area contributed by atoms with Crippen LogP contribution in [0.5, 0.6) is 0 Å². The van der Waals surface area contributed by atoms with E-state index in [9.17, 15) is 13.2 Å². The van der Waals surface area contributed by atoms with Crippen LogP contribution in [0.25, 0.3) is 0 Å². The zero-order chi connectivity index (χ0) is 20.9. The minimum Gasteiger partial charge on any atom is -0.349 e. The molecule has 1 heterocycles. The number of nitrogens with zero attached hydrogens (tertiary/aromatic N) is 1. The van der Waals surface area contributed by atoms with E-state index in [0.717, 1.165) is 22.4 Å². The molecule has 0 fully saturated rings. The summed E-state index contributed by atoms with van der Waals surface area (Å²) in [6.45, 7) is 3.93. The second kappa shape index (κ2) is 9.30. The zero-order valence-corrected chi connectivity index (χ0v) is 17.9. The Morgan fingerprint density at radius 2 is 1.79 bits per heavy atom. The lowest BCUT2D eigenvalue weighted by Gasteiger charge is -2.19. The number of rotatable bonds is 8. The third-order valence-corrected chi connectivity index (χ3v) is 6.42. The highest BCUT2D eigenvalue weighted by Crippen LogP contribution is 2.16. The number of carbonyl (C=O) groups excluding carboxylic acids is 1. The van der Waals surface area contributed by atoms with Crippen molar-refractivity contribution in [3.05, 3.63) is 81.8 Å². The van der Waals surface area contributed by atoms with Gasteiger partial charge in [-0.15, -0.1) is 11.3 Å². The van der Waals surface area contributed by atoms with Crippen molar-refractivity contribution in [3.63, 3.8) is 0 Å². The van der Waals surface area contributed by atoms with E-state index in [0.29, 0.717) is 0 Å². The minimum absolute atomic E-state index is 0.153. The first kappa shape index (κ1) is 21.2. The van der Waals surface area contributed by atoms with Gasteiger partial charge in [0, 0.05) is 5.38 Å². The topological polar surface area (TPSA) is 88.2 Å². The number of benzene rings is 2. The van der Waals surface area contributed by atoms with E-state index in [1.54, 1.807) is 17.6 Å². The first-order chi connectivity index (χ1) is 13.8. The summed E-state index contributed by atoms with van der Waals surface area (Å²) < 4.78 is 28.5. The SMILES string of the molecule is Cc1cc(C)cc(S(=O)(=O)NC(Cc2ccccc2)C(=O)NCc2cscn2)c1. The van der Waals surface area contributed by atoms with Crippen molar-refractivity contribution in [2.45, 2.75) is 37.8 Å². The summed E-state index contributed by atoms with van der Waals surface area (Å²) in [5, 5.41) is 4.62. The van der Waals surface area contributed by atoms with Gasteiger partial charge in [-0.3, -0.25) is 4.79 Å². The number of carbonyl (C=O) groups is 1. The number of nitrogens with one attached hydrogen (secondary N) is 2. The maximum Gasteiger partial charge on any atom is 0.241 e. The Hall–Kier alpha value is -2.55. The predicted molar refractivity (Wildman–Crippen MR) is 114 cm³/mol. The third kappa shape index (κ3) is 5.96. The lowest BCUT2D eigenvalue weighted by atomic mass is 10.1. The van der Waals surface area contributed by atoms with Gasteiger partial charge in [-0.05, 0) is 49.1 Å². The van der Waals surface area contributed by atoms with Crippen molar-refractivity contribution in [1.82, 2.24) is 15.0 Å². The maximum atomic E-state index is 13.0. The largest absolute Gasteiger partial charge is 0.349 e. The molecule has 0 saturated carbocycles. The molecule has 2 N–H and O–H groups in total. The number of hydrogen-bond acceptors (Lipinski definition) is 5. The molecule has 152 valence electrons. The van der Waals surface area contributed by atoms with E-state index >= 15 is 0 Å². The van der Waals surface area contributed by atoms with Crippen molar-refractivity contribution in [2.75, 3.05) is 0 Å². The Kier molecular flexibility index (Phi) is 6.79. The van der Waals surface area contributed by atoms with Gasteiger partial charge in [0.1, 0.15) is 6.04 Å². The van der Waals surface area contributed by atoms with Crippen molar-refractivity contribution >= 4 is 27.3 Å². The second-order valence-corrected chi connectivity index (χ2v) is 9.32. The van der Waals surface area contributed by atoms with Crippen LogP contribution in [0.4, 0.5) is 0 Å². The van der Waals surface area contributed by atoms with Crippen LogP contribution in [-0.2, 0) is 27.8 Å². The number of hydrogen-bond donors (Lipinski definition) is 2. The monoisotopic (exact) mass is 429 g/mol. The maximum absolute atomic E-state index is 13.0. The van der Waals surface area contributed by atoms with Gasteiger partial charge in [-0.1, -0.05) is 36.4 Å². The molecule has 6 nitrogen and oxygen atoms in total. The molecule has 0 spiro atoms. The van der Waals surface area contributed by atoms with E-state index in [2.05, 4.69) is 15.0 Å². The van der Waals surface area contributed by atoms with E-state index in [-0.39, 0.29) is 17.9 Å². The summed E-state index contributed by atoms with van der Waals surface area (Å²) in [6.07, 6.45) is 0.244. The first-order valence-corrected chi connectivity index (χ1v) is 11.6. The molecule has 1 amide bonds. The highest BCUT2D eigenvalue weighted by molar-refractivity contribution is 7.89. The molecule has 2 aromatic carbocycles. The van der Waals surface area contributed by atoms with Crippen LogP contribution in [0.1, 0.15) is 22.4 Å². The molecule has 3 aromatic rings. The van der Waals surface area contributed by atoms with Gasteiger partial charge in [0.25, 0.3) is 0 Å². The smallest absolute Gasteiger partial charge is 0.241 e. The number of sulfonamides is 1. The van der Waals surface area contributed by atoms with Crippen LogP contribution < -0.4 is 10.0 Å². The van der Waals surface area contributed by atoms with Crippen LogP contribution in [0.3, 0.4) is 0 Å². The van der Waals surface area contributed by atoms with Gasteiger partial charge in [0.2, 0.25) is 15.9 Å². The molecule has 0 radical (unpaired) electrons. The van der Waals surface area contributed by atoms with Gasteiger partial charge < -0.3 is 5.32 Å². The standard InChI is InChI=1S/C21H23N3O3S2/c1-15-8-16(2)10-19(9-15)29(26,27)24-20(11-17-6-4-3-5-7-17)21(25)22-12-18-13-28-14-23-18/h3-10,13-14,20,24H,11-12H2,1-2H3,(H,22,25). The number of aryl methyl sites for hydroxylation is 2. The summed E-state index contributed by atoms with van der Waals surface area (Å²) >= 11 is 1.44. The lowest BCUT2D eigenvalue weighted by Crippen LogP contribution is -2.47. The van der Waals surface area contributed by atoms with E-state index < -0.39 is 22.0 Å². The number of amides is 1. The summed E-state index contributed by atoms with van der Waals surface area (Å²) in [7, 11) is -3.87. The fourth-order valence-corrected chi connectivity index (χ4v) is 4.95. The summed E-state index contributed by atoms with van der Waals surface area (Å²) in [6, 6.07) is 13.5. The molecule has 0 saturated heterocycles. The van der Waals surface area contributed by atoms with E-state index in [4.69, 9.17) is 0 Å². The average Bonchev–Trinajstić information content (AvgIpc) is 3.19. The molecule has 0 bridgehead atoms. The van der Waals surface area contributed by atoms with Crippen LogP contribution in [0.2, 0.25) is 0 Å². The van der Waals surface area contributed by atoms with Crippen LogP contribution in [-0.4, -0.2) is 25.4 Å². The number of aromatic nitrogens is 1. The lowest BCUT2D eigenvalue weighted by molar-refractivity contribution is -0.122. The summed E-state index contributed by atoms with van der Waals surface area (Å²) in [5.41, 5.74) is 4.98. The zero-order valence-electron chi connectivity index (χ0n) is 16.3. The molecular formula is C21H23N3O3S2. The van der Waals surface area contributed by atoms with Gasteiger partial charge in [-0.2, -0.15) is 4.72 Å². The Morgan fingerprint density at radius 1 is 1.10 bits per heavy atom. The molecule has 1 aromatic heterocycles. The van der Waals surface area contributed by atoms with Crippen LogP contribution in [0, 0.1) is 13.8 Å². The van der Waals surface area contributed by atoms with Gasteiger partial charge in [-0.25, -0.2) is 13.4 Å². The normalized spacial score (nSPS) is 12.5. The Morgan fingerprint density at radius 3 is 2.41 bits per heavy atom. The Labute approximate surface area is 175 Å². The molecule has 3 rings (SSSR count). The van der Waals surface area contributed by atoms with Gasteiger partial charge in [0.15, 0.2) is 0 Å². The predicted octanol–water partition coefficient (Wildman–Crippen LogP) is 2.97. The van der Waals surface area contributed by atoms with Crippen LogP contribution in [0.15, 0.2) is 64.3 Å². The fourth-order valence-electron chi connectivity index (χ4n) is 3.01. The number of thiazole rings is 1. The Balaban J connectivity index is 1.82. The quantitative estimate of drug-likeness (QED) is 0.576. The summed E-state index contributed by atoms with van der Waals surface area (Å²) in [5.74, 6) is -0.394. The summed E-state index contributed by atoms with van der Waals surface area (Å²) in [4.78, 5) is 17.1. The van der Waals surface area contributed by atoms with E-state index in [1.807, 2.05) is 55.6 Å². The Bertz CT molecular complexity index is 1050. The average molecular weight is 430 g/mol. The molecule has 0 aliphatic heterocycles. The van der Waals surface area contributed by atoms with Crippen molar-refractivity contribution in [1.29, 1.82) is 0 Å². The molecule has 29 heavy (non-hydrogen) atoms. The molecule has 0 aliphatic carbocycles. The fraction of sp³-hybridized carbons (Fsp3) is 0.238. The third-order valence-electron chi connectivity index (χ3n) is 4.33. The molecule has 1 unspecified atom stereocenters.